The van der Waals surface area contributed by atoms with E-state index < -0.39 is 0 Å². The van der Waals surface area contributed by atoms with Crippen LogP contribution in [0.2, 0.25) is 0 Å². The fourth-order valence-corrected chi connectivity index (χ4v) is 3.24. The Hall–Kier alpha value is -3.55. The molecule has 0 amide bonds. The molecule has 168 valence electrons. The maximum absolute atomic E-state index is 6.07. The van der Waals surface area contributed by atoms with Crippen LogP contribution in [0.3, 0.4) is 0 Å². The van der Waals surface area contributed by atoms with Crippen molar-refractivity contribution >= 4 is 5.96 Å². The predicted molar refractivity (Wildman–Crippen MR) is 125 cm³/mol. The molecule has 0 radical (unpaired) electrons. The van der Waals surface area contributed by atoms with Crippen molar-refractivity contribution in [1.29, 1.82) is 0 Å². The predicted octanol–water partition coefficient (Wildman–Crippen LogP) is 3.44. The Labute approximate surface area is 188 Å². The molecule has 32 heavy (non-hydrogen) atoms. The maximum atomic E-state index is 6.07. The van der Waals surface area contributed by atoms with Crippen LogP contribution in [0.1, 0.15) is 29.8 Å². The first kappa shape index (κ1) is 21.7. The average Bonchev–Trinajstić information content (AvgIpc) is 3.54. The van der Waals surface area contributed by atoms with Crippen LogP contribution in [0.5, 0.6) is 11.5 Å². The molecule has 0 atom stereocenters. The van der Waals surface area contributed by atoms with Gasteiger partial charge in [-0.15, -0.1) is 0 Å². The third-order valence-corrected chi connectivity index (χ3v) is 5.37. The fourth-order valence-electron chi connectivity index (χ4n) is 3.24. The standard InChI is InChI=1S/C24H30N6O2/c1-16-4-7-19(21(12-16)32-15-17-5-6-17)13-26-24(25-2)27-14-22-28-23(30-29-22)18-8-10-20(31-3)11-9-18/h4,7-12,17H,5-6,13-15H2,1-3H3,(H2,25,26,27)(H,28,29,30). The first-order chi connectivity index (χ1) is 15.6. The Morgan fingerprint density at radius 1 is 1.12 bits per heavy atom. The van der Waals surface area contributed by atoms with E-state index in [0.717, 1.165) is 41.0 Å². The molecule has 0 unspecified atom stereocenters. The second kappa shape index (κ2) is 10.2. The number of ether oxygens (including phenoxy) is 2. The molecular weight excluding hydrogens is 404 g/mol. The van der Waals surface area contributed by atoms with Crippen molar-refractivity contribution in [2.24, 2.45) is 10.9 Å². The molecule has 1 saturated carbocycles. The van der Waals surface area contributed by atoms with Gasteiger partial charge in [-0.1, -0.05) is 12.1 Å². The lowest BCUT2D eigenvalue weighted by Gasteiger charge is -2.15. The summed E-state index contributed by atoms with van der Waals surface area (Å²) in [5.41, 5.74) is 3.23. The van der Waals surface area contributed by atoms with Crippen molar-refractivity contribution in [3.8, 4) is 22.9 Å². The summed E-state index contributed by atoms with van der Waals surface area (Å²) in [6.07, 6.45) is 2.55. The van der Waals surface area contributed by atoms with Crippen LogP contribution in [0.25, 0.3) is 11.4 Å². The molecule has 8 heteroatoms. The number of aromatic amines is 1. The summed E-state index contributed by atoms with van der Waals surface area (Å²) >= 11 is 0. The second-order valence-corrected chi connectivity index (χ2v) is 7.98. The minimum absolute atomic E-state index is 0.474. The van der Waals surface area contributed by atoms with Crippen LogP contribution < -0.4 is 20.1 Å². The van der Waals surface area contributed by atoms with Gasteiger partial charge in [0.15, 0.2) is 11.8 Å². The number of guanidine groups is 1. The first-order valence-corrected chi connectivity index (χ1v) is 10.9. The molecule has 1 heterocycles. The minimum atomic E-state index is 0.474. The van der Waals surface area contributed by atoms with Gasteiger partial charge in [0.2, 0.25) is 0 Å². The summed E-state index contributed by atoms with van der Waals surface area (Å²) in [5, 5.41) is 13.9. The quantitative estimate of drug-likeness (QED) is 0.353. The second-order valence-electron chi connectivity index (χ2n) is 7.98. The molecule has 1 fully saturated rings. The van der Waals surface area contributed by atoms with Gasteiger partial charge in [0.1, 0.15) is 17.3 Å². The van der Waals surface area contributed by atoms with E-state index in [4.69, 9.17) is 9.47 Å². The molecule has 0 aliphatic heterocycles. The van der Waals surface area contributed by atoms with E-state index in [1.165, 1.54) is 18.4 Å². The van der Waals surface area contributed by atoms with Crippen molar-refractivity contribution in [2.75, 3.05) is 20.8 Å². The van der Waals surface area contributed by atoms with Crippen molar-refractivity contribution in [1.82, 2.24) is 25.8 Å². The molecule has 1 aromatic heterocycles. The number of aliphatic imine (C=N–C) groups is 1. The topological polar surface area (TPSA) is 96.5 Å². The van der Waals surface area contributed by atoms with Crippen LogP contribution in [0.15, 0.2) is 47.5 Å². The number of hydrogen-bond donors (Lipinski definition) is 3. The highest BCUT2D eigenvalue weighted by Crippen LogP contribution is 2.30. The lowest BCUT2D eigenvalue weighted by atomic mass is 10.1. The number of nitrogens with one attached hydrogen (secondary N) is 3. The van der Waals surface area contributed by atoms with Gasteiger partial charge < -0.3 is 20.1 Å². The zero-order chi connectivity index (χ0) is 22.3. The number of nitrogens with zero attached hydrogens (tertiary/aromatic N) is 3. The third kappa shape index (κ3) is 5.78. The number of rotatable bonds is 9. The highest BCUT2D eigenvalue weighted by molar-refractivity contribution is 5.79. The fraction of sp³-hybridized carbons (Fsp3) is 0.375. The van der Waals surface area contributed by atoms with E-state index in [9.17, 15) is 0 Å². The number of methoxy groups -OCH3 is 1. The normalized spacial score (nSPS) is 13.7. The molecule has 8 nitrogen and oxygen atoms in total. The number of aromatic nitrogens is 3. The van der Waals surface area contributed by atoms with E-state index >= 15 is 0 Å². The van der Waals surface area contributed by atoms with Gasteiger partial charge in [-0.05, 0) is 61.6 Å². The minimum Gasteiger partial charge on any atom is -0.497 e. The Bertz CT molecular complexity index is 1060. The van der Waals surface area contributed by atoms with Gasteiger partial charge in [-0.25, -0.2) is 4.98 Å². The molecular formula is C24H30N6O2. The van der Waals surface area contributed by atoms with Gasteiger partial charge in [-0.3, -0.25) is 10.1 Å². The summed E-state index contributed by atoms with van der Waals surface area (Å²) in [5.74, 6) is 4.51. The molecule has 4 rings (SSSR count). The van der Waals surface area contributed by atoms with Gasteiger partial charge >= 0.3 is 0 Å². The number of hydrogen-bond acceptors (Lipinski definition) is 5. The summed E-state index contributed by atoms with van der Waals surface area (Å²) in [4.78, 5) is 8.87. The van der Waals surface area contributed by atoms with E-state index in [1.54, 1.807) is 14.2 Å². The molecule has 0 bridgehead atoms. The highest BCUT2D eigenvalue weighted by atomic mass is 16.5. The van der Waals surface area contributed by atoms with Crippen LogP contribution in [0.4, 0.5) is 0 Å². The monoisotopic (exact) mass is 434 g/mol. The molecule has 3 aromatic rings. The van der Waals surface area contributed by atoms with Crippen LogP contribution in [-0.2, 0) is 13.1 Å². The van der Waals surface area contributed by atoms with Gasteiger partial charge in [0, 0.05) is 24.7 Å². The zero-order valence-corrected chi connectivity index (χ0v) is 18.8. The van der Waals surface area contributed by atoms with E-state index in [1.807, 2.05) is 24.3 Å². The smallest absolute Gasteiger partial charge is 0.191 e. The number of aryl methyl sites for hydroxylation is 1. The Kier molecular flexibility index (Phi) is 6.89. The van der Waals surface area contributed by atoms with Gasteiger partial charge in [-0.2, -0.15) is 5.10 Å². The molecule has 0 saturated heterocycles. The first-order valence-electron chi connectivity index (χ1n) is 10.9. The molecule has 1 aliphatic carbocycles. The Balaban J connectivity index is 1.31. The lowest BCUT2D eigenvalue weighted by molar-refractivity contribution is 0.296. The average molecular weight is 435 g/mol. The zero-order valence-electron chi connectivity index (χ0n) is 18.8. The maximum Gasteiger partial charge on any atom is 0.191 e. The lowest BCUT2D eigenvalue weighted by Crippen LogP contribution is -2.36. The molecule has 3 N–H and O–H groups in total. The van der Waals surface area contributed by atoms with Crippen LogP contribution in [-0.4, -0.2) is 41.9 Å². The van der Waals surface area contributed by atoms with Gasteiger partial charge in [0.25, 0.3) is 0 Å². The van der Waals surface area contributed by atoms with Gasteiger partial charge in [0.05, 0.1) is 20.3 Å². The molecule has 1 aliphatic rings. The summed E-state index contributed by atoms with van der Waals surface area (Å²) < 4.78 is 11.3. The van der Waals surface area contributed by atoms with E-state index in [2.05, 4.69) is 55.9 Å². The summed E-state index contributed by atoms with van der Waals surface area (Å²) in [7, 11) is 3.39. The number of H-pyrrole nitrogens is 1. The Morgan fingerprint density at radius 3 is 2.62 bits per heavy atom. The van der Waals surface area contributed by atoms with E-state index in [0.29, 0.717) is 24.9 Å². The van der Waals surface area contributed by atoms with Crippen molar-refractivity contribution in [2.45, 2.75) is 32.9 Å². The largest absolute Gasteiger partial charge is 0.497 e. The number of benzene rings is 2. The van der Waals surface area contributed by atoms with Crippen molar-refractivity contribution in [3.63, 3.8) is 0 Å². The van der Waals surface area contributed by atoms with Crippen molar-refractivity contribution < 1.29 is 9.47 Å². The summed E-state index contributed by atoms with van der Waals surface area (Å²) in [6.45, 7) is 3.97. The Morgan fingerprint density at radius 2 is 1.91 bits per heavy atom. The third-order valence-electron chi connectivity index (χ3n) is 5.37. The SMILES string of the molecule is CN=C(NCc1nc(-c2ccc(OC)cc2)n[nH]1)NCc1ccc(C)cc1OCC1CC1. The van der Waals surface area contributed by atoms with Crippen LogP contribution >= 0.6 is 0 Å². The molecule has 2 aromatic carbocycles. The van der Waals surface area contributed by atoms with Crippen LogP contribution in [0, 0.1) is 12.8 Å². The van der Waals surface area contributed by atoms with Crippen molar-refractivity contribution in [3.05, 3.63) is 59.4 Å². The highest BCUT2D eigenvalue weighted by Gasteiger charge is 2.22. The van der Waals surface area contributed by atoms with E-state index in [-0.39, 0.29) is 0 Å². The summed E-state index contributed by atoms with van der Waals surface area (Å²) in [6, 6.07) is 14.0. The molecule has 0 spiro atoms.